The summed E-state index contributed by atoms with van der Waals surface area (Å²) in [7, 11) is 0. The first-order valence-electron chi connectivity index (χ1n) is 15.9. The third kappa shape index (κ3) is 5.04. The molecule has 1 aromatic heterocycles. The summed E-state index contributed by atoms with van der Waals surface area (Å²) >= 11 is 0. The van der Waals surface area contributed by atoms with Crippen LogP contribution in [0.25, 0.3) is 0 Å². The molecule has 6 nitrogen and oxygen atoms in total. The van der Waals surface area contributed by atoms with Gasteiger partial charge in [-0.05, 0) is 98.2 Å². The standard InChI is InChI=1S/C33H49N3O3/c1-22(4-9-31(38)36-18-12-25(13-19-36)39-30-21-34-16-17-35-30)27-7-8-28-26-6-5-23-20-24(37)10-14-32(23,2)29(26)11-15-33(27,28)3/h5,16-17,21-22,24-29,37H,4,6-15,18-20H2,1-3H3/t22-,24+,26+,27-,28+,29+,32+,33-/m1/s1. The summed E-state index contributed by atoms with van der Waals surface area (Å²) < 4.78 is 5.96. The Hall–Kier alpha value is -1.95. The molecule has 1 N–H and O–H groups in total. The fourth-order valence-corrected chi connectivity index (χ4v) is 10.1. The molecule has 2 heterocycles. The molecule has 6 heteroatoms. The molecule has 3 saturated carbocycles. The SMILES string of the molecule is C[C@H](CCC(=O)N1CCC(Oc2cnccn2)CC1)[C@H]1CC[C@H]2[C@@H]3CC=C4C[C@@H](O)CC[C@]4(C)[C@H]3CC[C@]12C. The fourth-order valence-electron chi connectivity index (χ4n) is 10.1. The quantitative estimate of drug-likeness (QED) is 0.439. The lowest BCUT2D eigenvalue weighted by Crippen LogP contribution is -2.50. The number of carbonyl (C=O) groups is 1. The highest BCUT2D eigenvalue weighted by molar-refractivity contribution is 5.76. The summed E-state index contributed by atoms with van der Waals surface area (Å²) in [6.07, 6.45) is 20.5. The van der Waals surface area contributed by atoms with Crippen LogP contribution in [0.1, 0.15) is 97.8 Å². The van der Waals surface area contributed by atoms with Crippen LogP contribution in [0.5, 0.6) is 5.88 Å². The third-order valence-corrected chi connectivity index (χ3v) is 12.3. The van der Waals surface area contributed by atoms with Crippen molar-refractivity contribution in [3.8, 4) is 5.88 Å². The van der Waals surface area contributed by atoms with E-state index in [1.165, 1.54) is 32.1 Å². The predicted octanol–water partition coefficient (Wildman–Crippen LogP) is 6.20. The van der Waals surface area contributed by atoms with Crippen molar-refractivity contribution in [2.75, 3.05) is 13.1 Å². The van der Waals surface area contributed by atoms with Crippen LogP contribution in [0.2, 0.25) is 0 Å². The molecule has 1 saturated heterocycles. The smallest absolute Gasteiger partial charge is 0.232 e. The average Bonchev–Trinajstić information content (AvgIpc) is 3.30. The zero-order valence-electron chi connectivity index (χ0n) is 24.4. The van der Waals surface area contributed by atoms with Crippen molar-refractivity contribution < 1.29 is 14.6 Å². The second-order valence-electron chi connectivity index (χ2n) is 14.1. The first-order valence-corrected chi connectivity index (χ1v) is 15.9. The molecular weight excluding hydrogens is 486 g/mol. The van der Waals surface area contributed by atoms with Crippen LogP contribution in [0, 0.1) is 40.4 Å². The number of aliphatic hydroxyl groups excluding tert-OH is 1. The predicted molar refractivity (Wildman–Crippen MR) is 152 cm³/mol. The molecular formula is C33H49N3O3. The number of fused-ring (bicyclic) bond motifs is 5. The highest BCUT2D eigenvalue weighted by Crippen LogP contribution is 2.67. The molecule has 0 bridgehead atoms. The zero-order chi connectivity index (χ0) is 27.2. The van der Waals surface area contributed by atoms with Gasteiger partial charge in [0, 0.05) is 44.7 Å². The Labute approximate surface area is 235 Å². The summed E-state index contributed by atoms with van der Waals surface area (Å²) in [5.74, 6) is 4.62. The minimum Gasteiger partial charge on any atom is -0.473 e. The van der Waals surface area contributed by atoms with Gasteiger partial charge in [0.15, 0.2) is 0 Å². The monoisotopic (exact) mass is 535 g/mol. The van der Waals surface area contributed by atoms with E-state index in [1.54, 1.807) is 24.2 Å². The van der Waals surface area contributed by atoms with E-state index in [0.717, 1.165) is 75.3 Å². The lowest BCUT2D eigenvalue weighted by atomic mass is 9.47. The highest BCUT2D eigenvalue weighted by atomic mass is 16.5. The van der Waals surface area contributed by atoms with Crippen LogP contribution in [0.3, 0.4) is 0 Å². The van der Waals surface area contributed by atoms with E-state index < -0.39 is 0 Å². The Balaban J connectivity index is 1.02. The second-order valence-corrected chi connectivity index (χ2v) is 14.1. The van der Waals surface area contributed by atoms with Crippen molar-refractivity contribution in [3.05, 3.63) is 30.2 Å². The summed E-state index contributed by atoms with van der Waals surface area (Å²) in [5, 5.41) is 10.3. The molecule has 39 heavy (non-hydrogen) atoms. The van der Waals surface area contributed by atoms with E-state index in [1.807, 2.05) is 0 Å². The Bertz CT molecular complexity index is 1050. The fraction of sp³-hybridized carbons (Fsp3) is 0.788. The van der Waals surface area contributed by atoms with Gasteiger partial charge in [0.25, 0.3) is 0 Å². The maximum atomic E-state index is 13.2. The zero-order valence-corrected chi connectivity index (χ0v) is 24.4. The van der Waals surface area contributed by atoms with Gasteiger partial charge < -0.3 is 14.7 Å². The lowest BCUT2D eigenvalue weighted by molar-refractivity contribution is -0.133. The van der Waals surface area contributed by atoms with Crippen LogP contribution in [-0.4, -0.2) is 51.2 Å². The van der Waals surface area contributed by atoms with E-state index in [9.17, 15) is 9.90 Å². The van der Waals surface area contributed by atoms with Gasteiger partial charge >= 0.3 is 0 Å². The summed E-state index contributed by atoms with van der Waals surface area (Å²) in [5.41, 5.74) is 2.29. The number of nitrogens with zero attached hydrogens (tertiary/aromatic N) is 3. The van der Waals surface area contributed by atoms with E-state index >= 15 is 0 Å². The normalized spacial score (nSPS) is 39.2. The van der Waals surface area contributed by atoms with Crippen LogP contribution >= 0.6 is 0 Å². The van der Waals surface area contributed by atoms with Crippen molar-refractivity contribution in [3.63, 3.8) is 0 Å². The number of piperidine rings is 1. The summed E-state index contributed by atoms with van der Waals surface area (Å²) in [6.45, 7) is 9.11. The van der Waals surface area contributed by atoms with E-state index in [-0.39, 0.29) is 12.2 Å². The van der Waals surface area contributed by atoms with Gasteiger partial charge in [-0.25, -0.2) is 4.98 Å². The Morgan fingerprint density at radius 2 is 1.92 bits per heavy atom. The Morgan fingerprint density at radius 1 is 1.10 bits per heavy atom. The number of ether oxygens (including phenoxy) is 1. The van der Waals surface area contributed by atoms with Crippen molar-refractivity contribution >= 4 is 5.91 Å². The molecule has 6 rings (SSSR count). The van der Waals surface area contributed by atoms with Gasteiger partial charge in [-0.3, -0.25) is 9.78 Å². The number of hydrogen-bond donors (Lipinski definition) is 1. The first-order chi connectivity index (χ1) is 18.8. The molecule has 4 fully saturated rings. The van der Waals surface area contributed by atoms with Crippen molar-refractivity contribution in [2.24, 2.45) is 40.4 Å². The van der Waals surface area contributed by atoms with Crippen molar-refractivity contribution in [1.29, 1.82) is 0 Å². The lowest BCUT2D eigenvalue weighted by Gasteiger charge is -2.58. The number of aromatic nitrogens is 2. The van der Waals surface area contributed by atoms with Gasteiger partial charge in [-0.15, -0.1) is 0 Å². The van der Waals surface area contributed by atoms with E-state index in [0.29, 0.717) is 35.0 Å². The Morgan fingerprint density at radius 3 is 2.69 bits per heavy atom. The van der Waals surface area contributed by atoms with Gasteiger partial charge in [0.1, 0.15) is 6.10 Å². The minimum atomic E-state index is -0.127. The van der Waals surface area contributed by atoms with Crippen molar-refractivity contribution in [2.45, 2.75) is 110 Å². The number of hydrogen-bond acceptors (Lipinski definition) is 5. The van der Waals surface area contributed by atoms with Gasteiger partial charge in [0.05, 0.1) is 12.3 Å². The number of allylic oxidation sites excluding steroid dienone is 1. The van der Waals surface area contributed by atoms with Crippen LogP contribution < -0.4 is 4.74 Å². The molecule has 1 amide bonds. The summed E-state index contributed by atoms with van der Waals surface area (Å²) in [4.78, 5) is 23.5. The number of aliphatic hydroxyl groups is 1. The first kappa shape index (κ1) is 27.2. The molecule has 214 valence electrons. The molecule has 5 aliphatic rings. The molecule has 4 aliphatic carbocycles. The number of rotatable bonds is 6. The molecule has 1 aromatic rings. The largest absolute Gasteiger partial charge is 0.473 e. The number of carbonyl (C=O) groups excluding carboxylic acids is 1. The number of likely N-dealkylation sites (tertiary alicyclic amines) is 1. The van der Waals surface area contributed by atoms with Crippen molar-refractivity contribution in [1.82, 2.24) is 14.9 Å². The third-order valence-electron chi connectivity index (χ3n) is 12.3. The molecule has 0 unspecified atom stereocenters. The molecule has 0 spiro atoms. The number of amides is 1. The van der Waals surface area contributed by atoms with Crippen LogP contribution in [0.4, 0.5) is 0 Å². The maximum absolute atomic E-state index is 13.2. The minimum absolute atomic E-state index is 0.113. The molecule has 0 radical (unpaired) electrons. The highest BCUT2D eigenvalue weighted by Gasteiger charge is 2.59. The van der Waals surface area contributed by atoms with Gasteiger partial charge in [0.2, 0.25) is 11.8 Å². The van der Waals surface area contributed by atoms with Crippen LogP contribution in [0.15, 0.2) is 30.2 Å². The topological polar surface area (TPSA) is 75.6 Å². The molecule has 1 aliphatic heterocycles. The second kappa shape index (κ2) is 10.8. The van der Waals surface area contributed by atoms with Gasteiger partial charge in [-0.2, -0.15) is 0 Å². The van der Waals surface area contributed by atoms with E-state index in [2.05, 4.69) is 41.7 Å². The molecule has 0 aromatic carbocycles. The Kier molecular flexibility index (Phi) is 7.54. The maximum Gasteiger partial charge on any atom is 0.232 e. The molecule has 8 atom stereocenters. The van der Waals surface area contributed by atoms with E-state index in [4.69, 9.17) is 4.74 Å². The van der Waals surface area contributed by atoms with Crippen LogP contribution in [-0.2, 0) is 4.79 Å². The average molecular weight is 536 g/mol. The summed E-state index contributed by atoms with van der Waals surface area (Å²) in [6, 6.07) is 0. The van der Waals surface area contributed by atoms with Gasteiger partial charge in [-0.1, -0.05) is 32.4 Å².